The van der Waals surface area contributed by atoms with Gasteiger partial charge in [0.1, 0.15) is 5.76 Å². The summed E-state index contributed by atoms with van der Waals surface area (Å²) >= 11 is 0. The first-order chi connectivity index (χ1) is 11.6. The highest BCUT2D eigenvalue weighted by Gasteiger charge is 2.23. The fourth-order valence-electron chi connectivity index (χ4n) is 2.75. The summed E-state index contributed by atoms with van der Waals surface area (Å²) in [7, 11) is 1.63. The van der Waals surface area contributed by atoms with E-state index in [0.29, 0.717) is 19.0 Å². The average molecular weight is 331 g/mol. The fourth-order valence-corrected chi connectivity index (χ4v) is 2.75. The molecule has 1 aliphatic heterocycles. The first kappa shape index (κ1) is 16.1. The number of carbonyl (C=O) groups is 1. The number of carbonyl (C=O) groups excluding carboxylic acids is 1. The van der Waals surface area contributed by atoms with Crippen LogP contribution in [0.25, 0.3) is 0 Å². The van der Waals surface area contributed by atoms with Crippen molar-refractivity contribution in [3.05, 3.63) is 46.8 Å². The number of rotatable bonds is 5. The highest BCUT2D eigenvalue weighted by atomic mass is 16.3. The van der Waals surface area contributed by atoms with E-state index in [1.807, 2.05) is 6.07 Å². The molecule has 3 rings (SSSR count). The molecule has 3 heterocycles. The van der Waals surface area contributed by atoms with Crippen molar-refractivity contribution in [2.45, 2.75) is 13.0 Å². The van der Waals surface area contributed by atoms with Crippen LogP contribution in [0.4, 0.5) is 10.5 Å². The first-order valence-corrected chi connectivity index (χ1v) is 7.94. The molecular formula is C16H21N5O3. The minimum atomic E-state index is -0.208. The second-order valence-corrected chi connectivity index (χ2v) is 5.92. The van der Waals surface area contributed by atoms with Gasteiger partial charge < -0.3 is 20.0 Å². The van der Waals surface area contributed by atoms with E-state index in [1.54, 1.807) is 31.6 Å². The number of furan rings is 1. The molecule has 8 nitrogen and oxygen atoms in total. The van der Waals surface area contributed by atoms with E-state index in [0.717, 1.165) is 31.0 Å². The third-order valence-electron chi connectivity index (χ3n) is 4.16. The predicted octanol–water partition coefficient (Wildman–Crippen LogP) is 0.699. The summed E-state index contributed by atoms with van der Waals surface area (Å²) in [5, 5.41) is 9.68. The standard InChI is InChI=1S/C16H21N5O3/c1-20-15(22)7-13(9-19-20)21-5-4-12(11-21)8-17-16(23)18-10-14-3-2-6-24-14/h2-3,6-7,9,12H,4-5,8,10-11H2,1H3,(H2,17,18,23)/t12-/m1/s1. The smallest absolute Gasteiger partial charge is 0.315 e. The predicted molar refractivity (Wildman–Crippen MR) is 88.7 cm³/mol. The lowest BCUT2D eigenvalue weighted by Gasteiger charge is -2.18. The lowest BCUT2D eigenvalue weighted by atomic mass is 10.1. The number of aromatic nitrogens is 2. The molecule has 24 heavy (non-hydrogen) atoms. The summed E-state index contributed by atoms with van der Waals surface area (Å²) in [6.07, 6.45) is 4.24. The van der Waals surface area contributed by atoms with Crippen LogP contribution in [0.1, 0.15) is 12.2 Å². The molecule has 8 heteroatoms. The van der Waals surface area contributed by atoms with Crippen molar-refractivity contribution in [3.63, 3.8) is 0 Å². The van der Waals surface area contributed by atoms with Crippen molar-refractivity contribution in [2.75, 3.05) is 24.5 Å². The zero-order valence-corrected chi connectivity index (χ0v) is 13.6. The van der Waals surface area contributed by atoms with Crippen LogP contribution in [-0.4, -0.2) is 35.4 Å². The van der Waals surface area contributed by atoms with Crippen LogP contribution < -0.4 is 21.1 Å². The molecule has 0 radical (unpaired) electrons. The first-order valence-electron chi connectivity index (χ1n) is 7.94. The SMILES string of the molecule is Cn1ncc(N2CC[C@H](CNC(=O)NCc3ccco3)C2)cc1=O. The number of aryl methyl sites for hydroxylation is 1. The van der Waals surface area contributed by atoms with E-state index in [4.69, 9.17) is 4.42 Å². The maximum absolute atomic E-state index is 11.8. The number of hydrogen-bond acceptors (Lipinski definition) is 5. The van der Waals surface area contributed by atoms with Crippen LogP contribution in [0.3, 0.4) is 0 Å². The number of amides is 2. The Morgan fingerprint density at radius 1 is 1.46 bits per heavy atom. The molecule has 1 saturated heterocycles. The zero-order valence-electron chi connectivity index (χ0n) is 13.6. The van der Waals surface area contributed by atoms with Crippen molar-refractivity contribution in [2.24, 2.45) is 13.0 Å². The van der Waals surface area contributed by atoms with Gasteiger partial charge in [-0.1, -0.05) is 0 Å². The Morgan fingerprint density at radius 3 is 3.08 bits per heavy atom. The molecule has 1 aliphatic rings. The summed E-state index contributed by atoms with van der Waals surface area (Å²) < 4.78 is 6.47. The number of urea groups is 1. The Morgan fingerprint density at radius 2 is 2.33 bits per heavy atom. The van der Waals surface area contributed by atoms with Crippen LogP contribution in [0.15, 0.2) is 39.9 Å². The molecule has 2 aromatic rings. The molecule has 0 unspecified atom stereocenters. The minimum Gasteiger partial charge on any atom is -0.467 e. The van der Waals surface area contributed by atoms with Gasteiger partial charge in [0.25, 0.3) is 5.56 Å². The van der Waals surface area contributed by atoms with Crippen LogP contribution in [0.5, 0.6) is 0 Å². The molecule has 2 aromatic heterocycles. The van der Waals surface area contributed by atoms with Gasteiger partial charge in [0.15, 0.2) is 0 Å². The van der Waals surface area contributed by atoms with Crippen molar-refractivity contribution < 1.29 is 9.21 Å². The highest BCUT2D eigenvalue weighted by Crippen LogP contribution is 2.21. The lowest BCUT2D eigenvalue weighted by Crippen LogP contribution is -2.38. The van der Waals surface area contributed by atoms with Crippen LogP contribution in [-0.2, 0) is 13.6 Å². The Balaban J connectivity index is 1.43. The quantitative estimate of drug-likeness (QED) is 0.841. The summed E-state index contributed by atoms with van der Waals surface area (Å²) in [6, 6.07) is 4.99. The van der Waals surface area contributed by atoms with Gasteiger partial charge in [0.05, 0.1) is 24.7 Å². The monoisotopic (exact) mass is 331 g/mol. The highest BCUT2D eigenvalue weighted by molar-refractivity contribution is 5.73. The third-order valence-corrected chi connectivity index (χ3v) is 4.16. The van der Waals surface area contributed by atoms with Crippen molar-refractivity contribution in [1.29, 1.82) is 0 Å². The van der Waals surface area contributed by atoms with Crippen LogP contribution in [0.2, 0.25) is 0 Å². The van der Waals surface area contributed by atoms with E-state index in [-0.39, 0.29) is 11.6 Å². The molecule has 128 valence electrons. The molecule has 2 amide bonds. The van der Waals surface area contributed by atoms with Crippen LogP contribution >= 0.6 is 0 Å². The summed E-state index contributed by atoms with van der Waals surface area (Å²) in [5.41, 5.74) is 0.717. The minimum absolute atomic E-state index is 0.119. The van der Waals surface area contributed by atoms with Crippen molar-refractivity contribution in [1.82, 2.24) is 20.4 Å². The lowest BCUT2D eigenvalue weighted by molar-refractivity contribution is 0.238. The zero-order chi connectivity index (χ0) is 16.9. The Bertz CT molecular complexity index is 740. The molecule has 1 atom stereocenters. The van der Waals surface area contributed by atoms with Gasteiger partial charge in [-0.25, -0.2) is 9.48 Å². The molecule has 0 spiro atoms. The molecule has 2 N–H and O–H groups in total. The number of nitrogens with zero attached hydrogens (tertiary/aromatic N) is 3. The Kier molecular flexibility index (Phi) is 4.83. The van der Waals surface area contributed by atoms with Gasteiger partial charge in [0, 0.05) is 32.7 Å². The maximum Gasteiger partial charge on any atom is 0.315 e. The van der Waals surface area contributed by atoms with Crippen molar-refractivity contribution in [3.8, 4) is 0 Å². The summed E-state index contributed by atoms with van der Waals surface area (Å²) in [5.74, 6) is 1.07. The fraction of sp³-hybridized carbons (Fsp3) is 0.438. The van der Waals surface area contributed by atoms with Gasteiger partial charge in [-0.3, -0.25) is 4.79 Å². The van der Waals surface area contributed by atoms with E-state index in [9.17, 15) is 9.59 Å². The molecular weight excluding hydrogens is 310 g/mol. The third kappa shape index (κ3) is 3.95. The van der Waals surface area contributed by atoms with Gasteiger partial charge in [-0.15, -0.1) is 0 Å². The number of nitrogens with one attached hydrogen (secondary N) is 2. The van der Waals surface area contributed by atoms with E-state index >= 15 is 0 Å². The van der Waals surface area contributed by atoms with Gasteiger partial charge in [0.2, 0.25) is 0 Å². The molecule has 1 fully saturated rings. The maximum atomic E-state index is 11.8. The van der Waals surface area contributed by atoms with E-state index < -0.39 is 0 Å². The second-order valence-electron chi connectivity index (χ2n) is 5.92. The van der Waals surface area contributed by atoms with Crippen LogP contribution in [0, 0.1) is 5.92 Å². The summed E-state index contributed by atoms with van der Waals surface area (Å²) in [4.78, 5) is 25.6. The van der Waals surface area contributed by atoms with Gasteiger partial charge >= 0.3 is 6.03 Å². The normalized spacial score (nSPS) is 17.0. The van der Waals surface area contributed by atoms with Crippen molar-refractivity contribution >= 4 is 11.7 Å². The second kappa shape index (κ2) is 7.20. The van der Waals surface area contributed by atoms with E-state index in [1.165, 1.54) is 4.68 Å². The topological polar surface area (TPSA) is 92.4 Å². The largest absolute Gasteiger partial charge is 0.467 e. The molecule has 0 saturated carbocycles. The Hall–Kier alpha value is -2.77. The molecule has 0 aliphatic carbocycles. The van der Waals surface area contributed by atoms with Gasteiger partial charge in [-0.05, 0) is 24.5 Å². The summed E-state index contributed by atoms with van der Waals surface area (Å²) in [6.45, 7) is 2.62. The number of anilines is 1. The molecule has 0 bridgehead atoms. The Labute approximate surface area is 139 Å². The molecule has 0 aromatic carbocycles. The van der Waals surface area contributed by atoms with Gasteiger partial charge in [-0.2, -0.15) is 5.10 Å². The van der Waals surface area contributed by atoms with E-state index in [2.05, 4.69) is 20.6 Å². The average Bonchev–Trinajstić information content (AvgIpc) is 3.25. The number of hydrogen-bond donors (Lipinski definition) is 2.